The van der Waals surface area contributed by atoms with Gasteiger partial charge in [-0.15, -0.1) is 0 Å². The highest BCUT2D eigenvalue weighted by molar-refractivity contribution is 6.42. The Morgan fingerprint density at radius 1 is 1.17 bits per heavy atom. The molecule has 4 N–H and O–H groups in total. The molecule has 0 spiro atoms. The van der Waals surface area contributed by atoms with Gasteiger partial charge in [0, 0.05) is 25.0 Å². The van der Waals surface area contributed by atoms with Crippen molar-refractivity contribution < 1.29 is 0 Å². The first-order chi connectivity index (χ1) is 8.61. The fourth-order valence-electron chi connectivity index (χ4n) is 1.86. The number of nitrogens with two attached hydrogens (primary N) is 2. The summed E-state index contributed by atoms with van der Waals surface area (Å²) in [6.07, 6.45) is 1.98. The lowest BCUT2D eigenvalue weighted by molar-refractivity contribution is 0.642. The van der Waals surface area contributed by atoms with E-state index in [0.29, 0.717) is 23.1 Å². The Morgan fingerprint density at radius 3 is 2.61 bits per heavy atom. The maximum absolute atomic E-state index is 6.00. The van der Waals surface area contributed by atoms with Crippen molar-refractivity contribution in [1.29, 1.82) is 0 Å². The predicted molar refractivity (Wildman–Crippen MR) is 76.0 cm³/mol. The van der Waals surface area contributed by atoms with Crippen LogP contribution in [-0.4, -0.2) is 11.1 Å². The molecule has 2 rings (SSSR count). The Morgan fingerprint density at radius 2 is 1.94 bits per heavy atom. The quantitative estimate of drug-likeness (QED) is 0.907. The van der Waals surface area contributed by atoms with Gasteiger partial charge in [-0.05, 0) is 29.8 Å². The van der Waals surface area contributed by atoms with E-state index in [4.69, 9.17) is 34.7 Å². The number of aromatic nitrogens is 1. The highest BCUT2D eigenvalue weighted by atomic mass is 35.5. The van der Waals surface area contributed by atoms with Gasteiger partial charge in [-0.3, -0.25) is 0 Å². The minimum absolute atomic E-state index is 0.150. The van der Waals surface area contributed by atoms with Gasteiger partial charge in [0.05, 0.1) is 16.1 Å². The van der Waals surface area contributed by atoms with Gasteiger partial charge in [-0.2, -0.15) is 0 Å². The maximum Gasteiger partial charge on any atom is 0.0595 e. The van der Waals surface area contributed by atoms with Crippen molar-refractivity contribution in [2.45, 2.75) is 12.6 Å². The molecule has 0 saturated heterocycles. The van der Waals surface area contributed by atoms with Crippen LogP contribution < -0.4 is 11.5 Å². The van der Waals surface area contributed by atoms with Gasteiger partial charge in [0.15, 0.2) is 0 Å². The topological polar surface area (TPSA) is 57.0 Å². The average Bonchev–Trinajstić information content (AvgIpc) is 2.81. The monoisotopic (exact) mass is 283 g/mol. The fourth-order valence-corrected chi connectivity index (χ4v) is 2.18. The summed E-state index contributed by atoms with van der Waals surface area (Å²) in [7, 11) is 0. The molecule has 1 unspecified atom stereocenters. The molecule has 0 bridgehead atoms. The lowest BCUT2D eigenvalue weighted by atomic mass is 10.2. The van der Waals surface area contributed by atoms with Gasteiger partial charge < -0.3 is 16.0 Å². The Hall–Kier alpha value is -1.000. The van der Waals surface area contributed by atoms with E-state index >= 15 is 0 Å². The Bertz CT molecular complexity index is 537. The van der Waals surface area contributed by atoms with Crippen molar-refractivity contribution in [3.05, 3.63) is 57.8 Å². The summed E-state index contributed by atoms with van der Waals surface area (Å²) in [6, 6.07) is 9.40. The lowest BCUT2D eigenvalue weighted by Gasteiger charge is -2.14. The van der Waals surface area contributed by atoms with E-state index in [0.717, 1.165) is 11.3 Å². The maximum atomic E-state index is 6.00. The molecule has 0 aliphatic heterocycles. The molecule has 0 aliphatic rings. The van der Waals surface area contributed by atoms with Crippen LogP contribution in [0.25, 0.3) is 0 Å². The molecule has 0 saturated carbocycles. The van der Waals surface area contributed by atoms with E-state index in [1.165, 1.54) is 0 Å². The fraction of sp³-hybridized carbons (Fsp3) is 0.231. The van der Waals surface area contributed by atoms with Crippen LogP contribution in [0.1, 0.15) is 17.3 Å². The van der Waals surface area contributed by atoms with Gasteiger partial charge in [-0.25, -0.2) is 0 Å². The third-order valence-electron chi connectivity index (χ3n) is 2.84. The van der Waals surface area contributed by atoms with Crippen molar-refractivity contribution in [1.82, 2.24) is 4.57 Å². The van der Waals surface area contributed by atoms with Crippen molar-refractivity contribution in [2.75, 3.05) is 6.54 Å². The van der Waals surface area contributed by atoms with Crippen LogP contribution in [0.2, 0.25) is 10.0 Å². The number of hydrogen-bond acceptors (Lipinski definition) is 2. The number of rotatable bonds is 4. The molecule has 0 fully saturated rings. The summed E-state index contributed by atoms with van der Waals surface area (Å²) >= 11 is 11.9. The molecule has 0 aliphatic carbocycles. The van der Waals surface area contributed by atoms with E-state index in [1.54, 1.807) is 6.07 Å². The second-order valence-corrected chi connectivity index (χ2v) is 4.97. The first-order valence-electron chi connectivity index (χ1n) is 5.66. The first kappa shape index (κ1) is 13.4. The average molecular weight is 284 g/mol. The number of halogens is 2. The zero-order valence-electron chi connectivity index (χ0n) is 9.81. The van der Waals surface area contributed by atoms with Gasteiger partial charge in [0.2, 0.25) is 0 Å². The SMILES string of the molecule is NCC(N)c1cccn1Cc1ccc(Cl)c(Cl)c1. The third-order valence-corrected chi connectivity index (χ3v) is 3.57. The summed E-state index contributed by atoms with van der Waals surface area (Å²) in [5.74, 6) is 0. The number of nitrogens with zero attached hydrogens (tertiary/aromatic N) is 1. The summed E-state index contributed by atoms with van der Waals surface area (Å²) in [5, 5.41) is 1.12. The highest BCUT2D eigenvalue weighted by Gasteiger charge is 2.09. The second-order valence-electron chi connectivity index (χ2n) is 4.15. The summed E-state index contributed by atoms with van der Waals surface area (Å²) in [6.45, 7) is 1.12. The van der Waals surface area contributed by atoms with Crippen LogP contribution in [-0.2, 0) is 6.54 Å². The molecule has 96 valence electrons. The van der Waals surface area contributed by atoms with Crippen LogP contribution in [0.4, 0.5) is 0 Å². The largest absolute Gasteiger partial charge is 0.346 e. The Balaban J connectivity index is 2.23. The molecule has 18 heavy (non-hydrogen) atoms. The molecular formula is C13H15Cl2N3. The minimum atomic E-state index is -0.150. The van der Waals surface area contributed by atoms with Crippen LogP contribution in [0.3, 0.4) is 0 Å². The van der Waals surface area contributed by atoms with Crippen molar-refractivity contribution in [2.24, 2.45) is 11.5 Å². The van der Waals surface area contributed by atoms with Crippen molar-refractivity contribution >= 4 is 23.2 Å². The standard InChI is InChI=1S/C13H15Cl2N3/c14-10-4-3-9(6-11(10)15)8-18-5-1-2-13(18)12(17)7-16/h1-6,12H,7-8,16-17H2. The van der Waals surface area contributed by atoms with E-state index in [1.807, 2.05) is 30.5 Å². The van der Waals surface area contributed by atoms with Gasteiger partial charge in [0.25, 0.3) is 0 Å². The molecule has 1 aromatic carbocycles. The normalized spacial score (nSPS) is 12.7. The summed E-state index contributed by atoms with van der Waals surface area (Å²) in [4.78, 5) is 0. The first-order valence-corrected chi connectivity index (χ1v) is 6.42. The second kappa shape index (κ2) is 5.76. The third kappa shape index (κ3) is 2.87. The number of hydrogen-bond donors (Lipinski definition) is 2. The van der Waals surface area contributed by atoms with Crippen LogP contribution in [0, 0.1) is 0 Å². The molecule has 2 aromatic rings. The van der Waals surface area contributed by atoms with Crippen molar-refractivity contribution in [3.8, 4) is 0 Å². The Labute approximate surface area is 116 Å². The van der Waals surface area contributed by atoms with Crippen molar-refractivity contribution in [3.63, 3.8) is 0 Å². The molecular weight excluding hydrogens is 269 g/mol. The molecule has 1 aromatic heterocycles. The Kier molecular flexibility index (Phi) is 4.30. The predicted octanol–water partition coefficient (Wildman–Crippen LogP) is 2.80. The highest BCUT2D eigenvalue weighted by Crippen LogP contribution is 2.23. The van der Waals surface area contributed by atoms with Crippen LogP contribution >= 0.6 is 23.2 Å². The van der Waals surface area contributed by atoms with E-state index in [-0.39, 0.29) is 6.04 Å². The zero-order chi connectivity index (χ0) is 13.1. The smallest absolute Gasteiger partial charge is 0.0595 e. The summed E-state index contributed by atoms with van der Waals surface area (Å²) < 4.78 is 2.07. The van der Waals surface area contributed by atoms with Gasteiger partial charge >= 0.3 is 0 Å². The van der Waals surface area contributed by atoms with E-state index in [9.17, 15) is 0 Å². The zero-order valence-corrected chi connectivity index (χ0v) is 11.3. The van der Waals surface area contributed by atoms with E-state index < -0.39 is 0 Å². The molecule has 0 radical (unpaired) electrons. The molecule has 5 heteroatoms. The minimum Gasteiger partial charge on any atom is -0.346 e. The van der Waals surface area contributed by atoms with Crippen LogP contribution in [0.5, 0.6) is 0 Å². The molecule has 1 heterocycles. The van der Waals surface area contributed by atoms with Crippen LogP contribution in [0.15, 0.2) is 36.5 Å². The molecule has 3 nitrogen and oxygen atoms in total. The van der Waals surface area contributed by atoms with E-state index in [2.05, 4.69) is 4.57 Å². The summed E-state index contributed by atoms with van der Waals surface area (Å²) in [5.41, 5.74) is 13.6. The van der Waals surface area contributed by atoms with Gasteiger partial charge in [-0.1, -0.05) is 29.3 Å². The lowest BCUT2D eigenvalue weighted by Crippen LogP contribution is -2.23. The molecule has 0 amide bonds. The number of benzene rings is 1. The molecule has 1 atom stereocenters. The van der Waals surface area contributed by atoms with Gasteiger partial charge in [0.1, 0.15) is 0 Å².